The fourth-order valence-corrected chi connectivity index (χ4v) is 4.73. The van der Waals surface area contributed by atoms with Crippen LogP contribution in [-0.2, 0) is 14.4 Å². The van der Waals surface area contributed by atoms with Crippen LogP contribution in [0.2, 0.25) is 0 Å². The molecule has 30 heavy (non-hydrogen) atoms. The van der Waals surface area contributed by atoms with Gasteiger partial charge in [0, 0.05) is 37.7 Å². The maximum absolute atomic E-state index is 12.9. The second-order valence-electron chi connectivity index (χ2n) is 8.04. The fourth-order valence-electron chi connectivity index (χ4n) is 4.26. The molecule has 3 rings (SSSR count). The average Bonchev–Trinajstić information content (AvgIpc) is 3.19. The van der Waals surface area contributed by atoms with Gasteiger partial charge in [-0.3, -0.25) is 14.4 Å². The van der Waals surface area contributed by atoms with E-state index in [9.17, 15) is 14.4 Å². The van der Waals surface area contributed by atoms with Crippen molar-refractivity contribution in [3.63, 3.8) is 0 Å². The molecule has 0 bridgehead atoms. The van der Waals surface area contributed by atoms with Crippen molar-refractivity contribution in [3.05, 3.63) is 35.9 Å². The lowest BCUT2D eigenvalue weighted by Gasteiger charge is -2.38. The molecule has 160 valence electrons. The molecule has 0 radical (unpaired) electrons. The molecular weight excluding hydrogens is 398 g/mol. The Morgan fingerprint density at radius 2 is 1.83 bits per heavy atom. The quantitative estimate of drug-likeness (QED) is 0.555. The van der Waals surface area contributed by atoms with Crippen molar-refractivity contribution >= 4 is 30.0 Å². The molecule has 1 spiro atoms. The van der Waals surface area contributed by atoms with Crippen molar-refractivity contribution in [2.45, 2.75) is 31.7 Å². The summed E-state index contributed by atoms with van der Waals surface area (Å²) in [6.07, 6.45) is 5.97. The van der Waals surface area contributed by atoms with Crippen LogP contribution in [0.25, 0.3) is 0 Å². The van der Waals surface area contributed by atoms with Crippen molar-refractivity contribution in [1.29, 1.82) is 0 Å². The maximum atomic E-state index is 12.9. The number of likely N-dealkylation sites (tertiary alicyclic amines) is 2. The number of thioether (sulfide) groups is 1. The third kappa shape index (κ3) is 5.57. The summed E-state index contributed by atoms with van der Waals surface area (Å²) in [6.45, 7) is 2.77. The van der Waals surface area contributed by atoms with Crippen LogP contribution in [0.4, 0.5) is 0 Å². The van der Waals surface area contributed by atoms with Gasteiger partial charge < -0.3 is 15.1 Å². The number of rotatable bonds is 6. The van der Waals surface area contributed by atoms with Crippen LogP contribution in [0.15, 0.2) is 30.3 Å². The molecule has 3 amide bonds. The molecule has 0 unspecified atom stereocenters. The largest absolute Gasteiger partial charge is 0.347 e. The molecule has 1 aromatic rings. The number of piperidine rings is 1. The Bertz CT molecular complexity index is 810. The topological polar surface area (TPSA) is 69.7 Å². The normalized spacial score (nSPS) is 18.4. The smallest absolute Gasteiger partial charge is 0.298 e. The molecular formula is C23H29N3O3S. The summed E-state index contributed by atoms with van der Waals surface area (Å²) < 4.78 is 0. The Morgan fingerprint density at radius 3 is 2.47 bits per heavy atom. The lowest BCUT2D eigenvalue weighted by molar-refractivity contribution is -0.134. The highest BCUT2D eigenvalue weighted by molar-refractivity contribution is 7.98. The number of hydrogen-bond donors (Lipinski definition) is 1. The summed E-state index contributed by atoms with van der Waals surface area (Å²) in [5.41, 5.74) is 0.911. The SMILES string of the molecule is CSCC[C@H](NC=O)C(=O)N1CCC2(CCN(C(=O)C#Cc3ccccc3)CC2)C1. The van der Waals surface area contributed by atoms with Gasteiger partial charge in [0.25, 0.3) is 5.91 Å². The van der Waals surface area contributed by atoms with Crippen molar-refractivity contribution in [2.24, 2.45) is 5.41 Å². The number of nitrogens with one attached hydrogen (secondary N) is 1. The van der Waals surface area contributed by atoms with E-state index in [1.165, 1.54) is 0 Å². The van der Waals surface area contributed by atoms with Crippen molar-refractivity contribution in [1.82, 2.24) is 15.1 Å². The van der Waals surface area contributed by atoms with E-state index in [0.717, 1.165) is 37.1 Å². The first-order chi connectivity index (χ1) is 14.6. The predicted octanol–water partition coefficient (Wildman–Crippen LogP) is 1.75. The van der Waals surface area contributed by atoms with Gasteiger partial charge >= 0.3 is 0 Å². The zero-order valence-corrected chi connectivity index (χ0v) is 18.2. The summed E-state index contributed by atoms with van der Waals surface area (Å²) in [7, 11) is 0. The number of carbonyl (C=O) groups is 3. The molecule has 0 aromatic heterocycles. The fraction of sp³-hybridized carbons (Fsp3) is 0.522. The summed E-state index contributed by atoms with van der Waals surface area (Å²) in [5, 5.41) is 2.68. The first-order valence-corrected chi connectivity index (χ1v) is 11.8. The Morgan fingerprint density at radius 1 is 1.17 bits per heavy atom. The van der Waals surface area contributed by atoms with E-state index < -0.39 is 6.04 Å². The van der Waals surface area contributed by atoms with Gasteiger partial charge in [0.2, 0.25) is 12.3 Å². The van der Waals surface area contributed by atoms with Gasteiger partial charge in [0.05, 0.1) is 0 Å². The second-order valence-corrected chi connectivity index (χ2v) is 9.02. The van der Waals surface area contributed by atoms with Crippen LogP contribution in [0.1, 0.15) is 31.2 Å². The van der Waals surface area contributed by atoms with Crippen LogP contribution in [0, 0.1) is 17.3 Å². The Labute approximate surface area is 182 Å². The van der Waals surface area contributed by atoms with E-state index in [0.29, 0.717) is 32.5 Å². The van der Waals surface area contributed by atoms with Crippen molar-refractivity contribution in [3.8, 4) is 11.8 Å². The van der Waals surface area contributed by atoms with Gasteiger partial charge in [0.1, 0.15) is 6.04 Å². The first kappa shape index (κ1) is 22.2. The van der Waals surface area contributed by atoms with Crippen LogP contribution < -0.4 is 5.32 Å². The lowest BCUT2D eigenvalue weighted by atomic mass is 9.78. The summed E-state index contributed by atoms with van der Waals surface area (Å²) in [6, 6.07) is 9.07. The van der Waals surface area contributed by atoms with Crippen molar-refractivity contribution < 1.29 is 14.4 Å². The third-order valence-corrected chi connectivity index (χ3v) is 6.77. The maximum Gasteiger partial charge on any atom is 0.298 e. The molecule has 1 atom stereocenters. The number of amides is 3. The summed E-state index contributed by atoms with van der Waals surface area (Å²) >= 11 is 1.67. The monoisotopic (exact) mass is 427 g/mol. The molecule has 1 aromatic carbocycles. The molecule has 2 fully saturated rings. The molecule has 1 N–H and O–H groups in total. The third-order valence-electron chi connectivity index (χ3n) is 6.13. The van der Waals surface area contributed by atoms with E-state index in [4.69, 9.17) is 0 Å². The number of benzene rings is 1. The molecule has 2 aliphatic heterocycles. The minimum Gasteiger partial charge on any atom is -0.347 e. The van der Waals surface area contributed by atoms with Gasteiger partial charge in [-0.2, -0.15) is 11.8 Å². The lowest BCUT2D eigenvalue weighted by Crippen LogP contribution is -2.48. The summed E-state index contributed by atoms with van der Waals surface area (Å²) in [5.74, 6) is 6.40. The molecule has 0 aliphatic carbocycles. The molecule has 7 heteroatoms. The standard InChI is InChI=1S/C23H29N3O3S/c1-30-16-9-20(24-18-27)22(29)26-15-12-23(17-26)10-13-25(14-11-23)21(28)8-7-19-5-3-2-4-6-19/h2-6,18,20H,9-17H2,1H3,(H,24,27)/t20-/m0/s1. The molecule has 2 aliphatic rings. The Kier molecular flexibility index (Phi) is 7.81. The van der Waals surface area contributed by atoms with E-state index in [1.807, 2.05) is 46.4 Å². The molecule has 6 nitrogen and oxygen atoms in total. The van der Waals surface area contributed by atoms with Crippen LogP contribution in [0.3, 0.4) is 0 Å². The van der Waals surface area contributed by atoms with Gasteiger partial charge in [-0.1, -0.05) is 24.1 Å². The second kappa shape index (κ2) is 10.5. The van der Waals surface area contributed by atoms with E-state index in [1.54, 1.807) is 11.8 Å². The van der Waals surface area contributed by atoms with E-state index in [-0.39, 0.29) is 17.2 Å². The number of hydrogen-bond acceptors (Lipinski definition) is 4. The Balaban J connectivity index is 1.53. The number of nitrogens with zero attached hydrogens (tertiary/aromatic N) is 2. The predicted molar refractivity (Wildman–Crippen MR) is 119 cm³/mol. The van der Waals surface area contributed by atoms with E-state index in [2.05, 4.69) is 17.2 Å². The highest BCUT2D eigenvalue weighted by Gasteiger charge is 2.43. The summed E-state index contributed by atoms with van der Waals surface area (Å²) in [4.78, 5) is 39.9. The van der Waals surface area contributed by atoms with Crippen LogP contribution in [0.5, 0.6) is 0 Å². The minimum atomic E-state index is -0.444. The van der Waals surface area contributed by atoms with Gasteiger partial charge in [-0.15, -0.1) is 0 Å². The molecule has 2 heterocycles. The molecule has 0 saturated carbocycles. The molecule has 2 saturated heterocycles. The van der Waals surface area contributed by atoms with Gasteiger partial charge in [-0.25, -0.2) is 0 Å². The highest BCUT2D eigenvalue weighted by atomic mass is 32.2. The van der Waals surface area contributed by atoms with Crippen molar-refractivity contribution in [2.75, 3.05) is 38.2 Å². The van der Waals surface area contributed by atoms with Crippen LogP contribution in [-0.4, -0.2) is 72.3 Å². The Hall–Kier alpha value is -2.46. The van der Waals surface area contributed by atoms with E-state index >= 15 is 0 Å². The van der Waals surface area contributed by atoms with Gasteiger partial charge in [0.15, 0.2) is 0 Å². The highest BCUT2D eigenvalue weighted by Crippen LogP contribution is 2.40. The zero-order valence-electron chi connectivity index (χ0n) is 17.4. The average molecular weight is 428 g/mol. The zero-order chi connectivity index (χ0) is 21.4. The van der Waals surface area contributed by atoms with Gasteiger partial charge in [-0.05, 0) is 55.2 Å². The minimum absolute atomic E-state index is 0.0141. The number of carbonyl (C=O) groups excluding carboxylic acids is 3. The first-order valence-electron chi connectivity index (χ1n) is 10.4. The van der Waals surface area contributed by atoms with Crippen LogP contribution >= 0.6 is 11.8 Å².